The first-order chi connectivity index (χ1) is 10.0. The van der Waals surface area contributed by atoms with Gasteiger partial charge < -0.3 is 16.4 Å². The SMILES string of the molecule is Nc1cc2c(cc1Nc1cc(Cl)ccc1F)NC(=O)CC2. The molecule has 6 heteroatoms. The number of hydrogen-bond donors (Lipinski definition) is 3. The minimum absolute atomic E-state index is 0.0350. The van der Waals surface area contributed by atoms with E-state index in [4.69, 9.17) is 17.3 Å². The Balaban J connectivity index is 1.97. The number of aryl methyl sites for hydroxylation is 1. The summed E-state index contributed by atoms with van der Waals surface area (Å²) in [4.78, 5) is 11.4. The number of nitrogens with two attached hydrogens (primary N) is 1. The summed E-state index contributed by atoms with van der Waals surface area (Å²) in [7, 11) is 0. The van der Waals surface area contributed by atoms with E-state index in [9.17, 15) is 9.18 Å². The van der Waals surface area contributed by atoms with Crippen LogP contribution < -0.4 is 16.4 Å². The van der Waals surface area contributed by atoms with Crippen molar-refractivity contribution < 1.29 is 9.18 Å². The predicted molar refractivity (Wildman–Crippen MR) is 82.5 cm³/mol. The quantitative estimate of drug-likeness (QED) is 0.741. The van der Waals surface area contributed by atoms with E-state index in [0.717, 1.165) is 5.56 Å². The molecule has 0 saturated heterocycles. The van der Waals surface area contributed by atoms with Crippen LogP contribution in [0.5, 0.6) is 0 Å². The van der Waals surface area contributed by atoms with Crippen molar-refractivity contribution in [2.45, 2.75) is 12.8 Å². The van der Waals surface area contributed by atoms with Gasteiger partial charge >= 0.3 is 0 Å². The first-order valence-electron chi connectivity index (χ1n) is 6.47. The second-order valence-electron chi connectivity index (χ2n) is 4.89. The molecule has 1 amide bonds. The third kappa shape index (κ3) is 2.78. The van der Waals surface area contributed by atoms with Gasteiger partial charge in [-0.2, -0.15) is 0 Å². The molecule has 3 rings (SSSR count). The number of carbonyl (C=O) groups is 1. The number of amides is 1. The predicted octanol–water partition coefficient (Wildman–Crippen LogP) is 3.69. The van der Waals surface area contributed by atoms with Gasteiger partial charge in [0.2, 0.25) is 5.91 Å². The highest BCUT2D eigenvalue weighted by Gasteiger charge is 2.17. The molecule has 4 N–H and O–H groups in total. The van der Waals surface area contributed by atoms with Gasteiger partial charge in [-0.1, -0.05) is 11.6 Å². The topological polar surface area (TPSA) is 67.2 Å². The van der Waals surface area contributed by atoms with Crippen molar-refractivity contribution in [3.05, 3.63) is 46.7 Å². The summed E-state index contributed by atoms with van der Waals surface area (Å²) in [5.74, 6) is -0.465. The van der Waals surface area contributed by atoms with Crippen molar-refractivity contribution >= 4 is 40.3 Å². The van der Waals surface area contributed by atoms with Gasteiger partial charge in [0, 0.05) is 17.1 Å². The molecule has 2 aromatic rings. The van der Waals surface area contributed by atoms with Crippen LogP contribution in [0.4, 0.5) is 27.1 Å². The lowest BCUT2D eigenvalue weighted by Gasteiger charge is -2.20. The Kier molecular flexibility index (Phi) is 3.43. The van der Waals surface area contributed by atoms with Crippen LogP contribution >= 0.6 is 11.6 Å². The van der Waals surface area contributed by atoms with E-state index in [1.807, 2.05) is 0 Å². The first-order valence-corrected chi connectivity index (χ1v) is 6.85. The second-order valence-corrected chi connectivity index (χ2v) is 5.33. The minimum atomic E-state index is -0.430. The lowest BCUT2D eigenvalue weighted by Crippen LogP contribution is -2.19. The highest BCUT2D eigenvalue weighted by molar-refractivity contribution is 6.30. The molecule has 4 nitrogen and oxygen atoms in total. The number of carbonyl (C=O) groups excluding carboxylic acids is 1. The van der Waals surface area contributed by atoms with E-state index in [1.165, 1.54) is 18.2 Å². The number of nitrogen functional groups attached to an aromatic ring is 1. The Hall–Kier alpha value is -2.27. The van der Waals surface area contributed by atoms with Crippen LogP contribution in [0.15, 0.2) is 30.3 Å². The molecule has 1 heterocycles. The highest BCUT2D eigenvalue weighted by Crippen LogP contribution is 2.33. The Morgan fingerprint density at radius 2 is 2.00 bits per heavy atom. The van der Waals surface area contributed by atoms with Gasteiger partial charge in [-0.3, -0.25) is 4.79 Å². The van der Waals surface area contributed by atoms with E-state index in [0.29, 0.717) is 34.9 Å². The number of nitrogens with one attached hydrogen (secondary N) is 2. The zero-order valence-electron chi connectivity index (χ0n) is 11.0. The van der Waals surface area contributed by atoms with E-state index in [-0.39, 0.29) is 11.6 Å². The maximum atomic E-state index is 13.8. The Morgan fingerprint density at radius 3 is 2.81 bits per heavy atom. The molecule has 1 aliphatic rings. The molecule has 1 aliphatic heterocycles. The molecule has 0 unspecified atom stereocenters. The fraction of sp³-hybridized carbons (Fsp3) is 0.133. The number of rotatable bonds is 2. The van der Waals surface area contributed by atoms with E-state index in [2.05, 4.69) is 10.6 Å². The third-order valence-electron chi connectivity index (χ3n) is 3.37. The Morgan fingerprint density at radius 1 is 1.19 bits per heavy atom. The number of hydrogen-bond acceptors (Lipinski definition) is 3. The van der Waals surface area contributed by atoms with E-state index < -0.39 is 5.82 Å². The standard InChI is InChI=1S/C15H13ClFN3O/c16-9-2-3-10(17)13(6-9)19-14-7-12-8(5-11(14)18)1-4-15(21)20-12/h2-3,5-7,19H,1,4,18H2,(H,20,21). The lowest BCUT2D eigenvalue weighted by atomic mass is 10.0. The fourth-order valence-corrected chi connectivity index (χ4v) is 2.47. The summed E-state index contributed by atoms with van der Waals surface area (Å²) in [5, 5.41) is 6.12. The molecule has 21 heavy (non-hydrogen) atoms. The van der Waals surface area contributed by atoms with Gasteiger partial charge in [0.05, 0.1) is 17.1 Å². The van der Waals surface area contributed by atoms with Gasteiger partial charge in [0.1, 0.15) is 5.82 Å². The zero-order valence-corrected chi connectivity index (χ0v) is 11.8. The largest absolute Gasteiger partial charge is 0.397 e. The van der Waals surface area contributed by atoms with Gasteiger partial charge in [-0.15, -0.1) is 0 Å². The Labute approximate surface area is 126 Å². The summed E-state index contributed by atoms with van der Waals surface area (Å²) >= 11 is 5.86. The average Bonchev–Trinajstić information content (AvgIpc) is 2.44. The van der Waals surface area contributed by atoms with Gasteiger partial charge in [-0.25, -0.2) is 4.39 Å². The van der Waals surface area contributed by atoms with Crippen molar-refractivity contribution in [2.24, 2.45) is 0 Å². The number of anilines is 4. The Bertz CT molecular complexity index is 733. The maximum Gasteiger partial charge on any atom is 0.224 e. The van der Waals surface area contributed by atoms with Crippen molar-refractivity contribution in [2.75, 3.05) is 16.4 Å². The van der Waals surface area contributed by atoms with Crippen LogP contribution in [0.25, 0.3) is 0 Å². The molecule has 0 atom stereocenters. The minimum Gasteiger partial charge on any atom is -0.397 e. The fourth-order valence-electron chi connectivity index (χ4n) is 2.29. The molecule has 108 valence electrons. The molecule has 0 radical (unpaired) electrons. The first kappa shape index (κ1) is 13.7. The molecule has 0 saturated carbocycles. The van der Waals surface area contributed by atoms with Crippen molar-refractivity contribution in [3.8, 4) is 0 Å². The number of halogens is 2. The molecule has 0 aliphatic carbocycles. The van der Waals surface area contributed by atoms with Crippen LogP contribution in [0, 0.1) is 5.82 Å². The average molecular weight is 306 g/mol. The van der Waals surface area contributed by atoms with Gasteiger partial charge in [-0.05, 0) is 42.3 Å². The van der Waals surface area contributed by atoms with Crippen LogP contribution in [-0.2, 0) is 11.2 Å². The molecule has 0 spiro atoms. The van der Waals surface area contributed by atoms with Crippen LogP contribution in [-0.4, -0.2) is 5.91 Å². The summed E-state index contributed by atoms with van der Waals surface area (Å²) < 4.78 is 13.8. The third-order valence-corrected chi connectivity index (χ3v) is 3.60. The molecular weight excluding hydrogens is 293 g/mol. The number of benzene rings is 2. The monoisotopic (exact) mass is 305 g/mol. The van der Waals surface area contributed by atoms with Gasteiger partial charge in [0.15, 0.2) is 0 Å². The molecule has 2 aromatic carbocycles. The van der Waals surface area contributed by atoms with Crippen molar-refractivity contribution in [3.63, 3.8) is 0 Å². The van der Waals surface area contributed by atoms with Crippen LogP contribution in [0.3, 0.4) is 0 Å². The summed E-state index contributed by atoms with van der Waals surface area (Å²) in [5.41, 5.74) is 8.91. The summed E-state index contributed by atoms with van der Waals surface area (Å²) in [6, 6.07) is 7.73. The van der Waals surface area contributed by atoms with Gasteiger partial charge in [0.25, 0.3) is 0 Å². The lowest BCUT2D eigenvalue weighted by molar-refractivity contribution is -0.116. The molecule has 0 bridgehead atoms. The normalized spacial score (nSPS) is 13.5. The van der Waals surface area contributed by atoms with Crippen LogP contribution in [0.1, 0.15) is 12.0 Å². The van der Waals surface area contributed by atoms with Crippen molar-refractivity contribution in [1.82, 2.24) is 0 Å². The zero-order chi connectivity index (χ0) is 15.0. The molecular formula is C15H13ClFN3O. The number of fused-ring (bicyclic) bond motifs is 1. The molecule has 0 fully saturated rings. The molecule has 0 aromatic heterocycles. The second kappa shape index (κ2) is 5.26. The highest BCUT2D eigenvalue weighted by atomic mass is 35.5. The summed E-state index contributed by atoms with van der Waals surface area (Å²) in [6.07, 6.45) is 1.10. The van der Waals surface area contributed by atoms with E-state index in [1.54, 1.807) is 12.1 Å². The summed E-state index contributed by atoms with van der Waals surface area (Å²) in [6.45, 7) is 0. The van der Waals surface area contributed by atoms with Crippen molar-refractivity contribution in [1.29, 1.82) is 0 Å². The smallest absolute Gasteiger partial charge is 0.224 e. The maximum absolute atomic E-state index is 13.8. The van der Waals surface area contributed by atoms with Crippen LogP contribution in [0.2, 0.25) is 5.02 Å². The van der Waals surface area contributed by atoms with E-state index >= 15 is 0 Å².